The molecule has 0 N–H and O–H groups in total. The average molecular weight is 375 g/mol. The molecule has 0 rings (SSSR count). The fourth-order valence-corrected chi connectivity index (χ4v) is 2.51. The van der Waals surface area contributed by atoms with Crippen LogP contribution < -0.4 is 0 Å². The molecule has 0 aromatic carbocycles. The highest BCUT2D eigenvalue weighted by atomic mass is 16.6. The van der Waals surface area contributed by atoms with Crippen molar-refractivity contribution in [2.75, 3.05) is 46.2 Å². The second-order valence-electron chi connectivity index (χ2n) is 6.64. The summed E-state index contributed by atoms with van der Waals surface area (Å²) in [5, 5.41) is 0. The molecule has 0 bridgehead atoms. The zero-order valence-corrected chi connectivity index (χ0v) is 17.3. The van der Waals surface area contributed by atoms with E-state index in [1.165, 1.54) is 44.9 Å². The van der Waals surface area contributed by atoms with E-state index >= 15 is 0 Å². The zero-order chi connectivity index (χ0) is 19.1. The van der Waals surface area contributed by atoms with Gasteiger partial charge in [0.05, 0.1) is 33.0 Å². The number of esters is 1. The lowest BCUT2D eigenvalue weighted by Gasteiger charge is -2.07. The van der Waals surface area contributed by atoms with E-state index in [-0.39, 0.29) is 5.97 Å². The summed E-state index contributed by atoms with van der Waals surface area (Å²) in [7, 11) is 0. The maximum atomic E-state index is 11.5. The number of rotatable bonds is 21. The van der Waals surface area contributed by atoms with Crippen molar-refractivity contribution in [2.45, 2.75) is 84.5 Å². The molecular formula is C21H42O5. The number of hydrogen-bond acceptors (Lipinski definition) is 5. The van der Waals surface area contributed by atoms with Crippen LogP contribution in [0.25, 0.3) is 0 Å². The van der Waals surface area contributed by atoms with E-state index in [9.17, 15) is 4.79 Å². The van der Waals surface area contributed by atoms with Gasteiger partial charge in [0.15, 0.2) is 0 Å². The summed E-state index contributed by atoms with van der Waals surface area (Å²) in [5.74, 6) is -0.114. The summed E-state index contributed by atoms with van der Waals surface area (Å²) < 4.78 is 21.4. The minimum absolute atomic E-state index is 0.114. The molecule has 0 spiro atoms. The Morgan fingerprint density at radius 3 is 1.62 bits per heavy atom. The van der Waals surface area contributed by atoms with E-state index in [2.05, 4.69) is 13.8 Å². The van der Waals surface area contributed by atoms with Gasteiger partial charge in [0.2, 0.25) is 0 Å². The molecule has 0 aromatic heterocycles. The Morgan fingerprint density at radius 2 is 1.00 bits per heavy atom. The van der Waals surface area contributed by atoms with Crippen LogP contribution in [0.2, 0.25) is 0 Å². The van der Waals surface area contributed by atoms with Crippen molar-refractivity contribution in [3.05, 3.63) is 0 Å². The van der Waals surface area contributed by atoms with Crippen molar-refractivity contribution in [1.29, 1.82) is 0 Å². The highest BCUT2D eigenvalue weighted by Gasteiger charge is 2.02. The molecule has 0 saturated heterocycles. The molecule has 0 aliphatic rings. The van der Waals surface area contributed by atoms with Crippen LogP contribution in [0.15, 0.2) is 0 Å². The molecule has 5 heteroatoms. The van der Waals surface area contributed by atoms with Crippen molar-refractivity contribution < 1.29 is 23.7 Å². The highest BCUT2D eigenvalue weighted by molar-refractivity contribution is 5.69. The second-order valence-corrected chi connectivity index (χ2v) is 6.64. The van der Waals surface area contributed by atoms with Gasteiger partial charge in [0, 0.05) is 13.0 Å². The lowest BCUT2D eigenvalue weighted by molar-refractivity contribution is -0.145. The van der Waals surface area contributed by atoms with E-state index in [1.807, 2.05) is 0 Å². The molecule has 0 amide bonds. The molecule has 0 atom stereocenters. The molecule has 0 aliphatic heterocycles. The number of hydrogen-bond donors (Lipinski definition) is 0. The van der Waals surface area contributed by atoms with Gasteiger partial charge in [-0.25, -0.2) is 0 Å². The Hall–Kier alpha value is -0.650. The van der Waals surface area contributed by atoms with Gasteiger partial charge in [-0.05, 0) is 12.8 Å². The molecule has 0 radical (unpaired) electrons. The topological polar surface area (TPSA) is 54.0 Å². The van der Waals surface area contributed by atoms with Crippen molar-refractivity contribution in [3.63, 3.8) is 0 Å². The van der Waals surface area contributed by atoms with E-state index in [4.69, 9.17) is 18.9 Å². The van der Waals surface area contributed by atoms with Gasteiger partial charge in [0.1, 0.15) is 6.61 Å². The van der Waals surface area contributed by atoms with Gasteiger partial charge in [-0.3, -0.25) is 4.79 Å². The van der Waals surface area contributed by atoms with Crippen molar-refractivity contribution >= 4 is 5.97 Å². The predicted octanol–water partition coefficient (Wildman–Crippen LogP) is 4.91. The minimum atomic E-state index is -0.114. The van der Waals surface area contributed by atoms with E-state index < -0.39 is 0 Å². The summed E-state index contributed by atoms with van der Waals surface area (Å²) in [6.45, 7) is 8.30. The van der Waals surface area contributed by atoms with Gasteiger partial charge in [0.25, 0.3) is 0 Å². The highest BCUT2D eigenvalue weighted by Crippen LogP contribution is 2.07. The van der Waals surface area contributed by atoms with E-state index in [0.717, 1.165) is 25.9 Å². The monoisotopic (exact) mass is 374 g/mol. The average Bonchev–Trinajstić information content (AvgIpc) is 2.65. The largest absolute Gasteiger partial charge is 0.463 e. The van der Waals surface area contributed by atoms with Crippen LogP contribution in [0, 0.1) is 0 Å². The molecule has 156 valence electrons. The first-order chi connectivity index (χ1) is 12.8. The standard InChI is InChI=1S/C21H42O5/c1-3-5-7-9-10-11-13-21(22)26-20-19-25-18-17-24-16-15-23-14-12-8-6-4-2/h3-20H2,1-2H3. The van der Waals surface area contributed by atoms with Gasteiger partial charge < -0.3 is 18.9 Å². The summed E-state index contributed by atoms with van der Waals surface area (Å²) >= 11 is 0. The van der Waals surface area contributed by atoms with Crippen molar-refractivity contribution in [3.8, 4) is 0 Å². The van der Waals surface area contributed by atoms with Crippen molar-refractivity contribution in [1.82, 2.24) is 0 Å². The Bertz CT molecular complexity index is 284. The molecule has 0 unspecified atom stereocenters. The fourth-order valence-electron chi connectivity index (χ4n) is 2.51. The summed E-state index contributed by atoms with van der Waals surface area (Å²) in [4.78, 5) is 11.5. The molecule has 0 aliphatic carbocycles. The van der Waals surface area contributed by atoms with Crippen LogP contribution in [0.3, 0.4) is 0 Å². The Balaban J connectivity index is 3.11. The normalized spacial score (nSPS) is 11.0. The lowest BCUT2D eigenvalue weighted by atomic mass is 10.1. The number of unbranched alkanes of at least 4 members (excludes halogenated alkanes) is 8. The first kappa shape index (κ1) is 25.4. The lowest BCUT2D eigenvalue weighted by Crippen LogP contribution is -2.14. The van der Waals surface area contributed by atoms with Crippen LogP contribution in [0.4, 0.5) is 0 Å². The molecule has 0 saturated carbocycles. The van der Waals surface area contributed by atoms with Crippen molar-refractivity contribution in [2.24, 2.45) is 0 Å². The molecule has 0 fully saturated rings. The molecular weight excluding hydrogens is 332 g/mol. The molecule has 0 heterocycles. The maximum absolute atomic E-state index is 11.5. The molecule has 26 heavy (non-hydrogen) atoms. The van der Waals surface area contributed by atoms with Gasteiger partial charge in [-0.2, -0.15) is 0 Å². The van der Waals surface area contributed by atoms with Gasteiger partial charge >= 0.3 is 5.97 Å². The first-order valence-electron chi connectivity index (χ1n) is 10.7. The quantitative estimate of drug-likeness (QED) is 0.211. The smallest absolute Gasteiger partial charge is 0.305 e. The predicted molar refractivity (Wildman–Crippen MR) is 106 cm³/mol. The Labute approximate surface area is 161 Å². The summed E-state index contributed by atoms with van der Waals surface area (Å²) in [6, 6.07) is 0. The van der Waals surface area contributed by atoms with Crippen LogP contribution in [0.5, 0.6) is 0 Å². The second kappa shape index (κ2) is 22.4. The SMILES string of the molecule is CCCCCCCCC(=O)OCCOCCOCCOCCCCCC. The van der Waals surface area contributed by atoms with Crippen LogP contribution in [-0.4, -0.2) is 52.2 Å². The minimum Gasteiger partial charge on any atom is -0.463 e. The number of carbonyl (C=O) groups is 1. The van der Waals surface area contributed by atoms with Crippen LogP contribution in [-0.2, 0) is 23.7 Å². The van der Waals surface area contributed by atoms with Crippen LogP contribution >= 0.6 is 0 Å². The first-order valence-corrected chi connectivity index (χ1v) is 10.7. The molecule has 5 nitrogen and oxygen atoms in total. The number of ether oxygens (including phenoxy) is 4. The Morgan fingerprint density at radius 1 is 0.538 bits per heavy atom. The van der Waals surface area contributed by atoms with Gasteiger partial charge in [-0.15, -0.1) is 0 Å². The third-order valence-corrected chi connectivity index (χ3v) is 4.11. The summed E-state index contributed by atoms with van der Waals surface area (Å²) in [6.07, 6.45) is 12.5. The third kappa shape index (κ3) is 21.4. The third-order valence-electron chi connectivity index (χ3n) is 4.11. The maximum Gasteiger partial charge on any atom is 0.305 e. The van der Waals surface area contributed by atoms with Crippen LogP contribution in [0.1, 0.15) is 84.5 Å². The van der Waals surface area contributed by atoms with E-state index in [0.29, 0.717) is 46.1 Å². The number of carbonyl (C=O) groups excluding carboxylic acids is 1. The van der Waals surface area contributed by atoms with E-state index in [1.54, 1.807) is 0 Å². The van der Waals surface area contributed by atoms with Gasteiger partial charge in [-0.1, -0.05) is 65.2 Å². The Kier molecular flexibility index (Phi) is 21.8. The fraction of sp³-hybridized carbons (Fsp3) is 0.952. The zero-order valence-electron chi connectivity index (χ0n) is 17.3. The summed E-state index contributed by atoms with van der Waals surface area (Å²) in [5.41, 5.74) is 0. The molecule has 0 aromatic rings.